The summed E-state index contributed by atoms with van der Waals surface area (Å²) in [5.74, 6) is -4.91. The van der Waals surface area contributed by atoms with Crippen molar-refractivity contribution in [2.45, 2.75) is 50.6 Å². The number of amides is 1. The van der Waals surface area contributed by atoms with Gasteiger partial charge in [-0.15, -0.1) is 0 Å². The number of halogens is 7. The minimum Gasteiger partial charge on any atom is -0.469 e. The summed E-state index contributed by atoms with van der Waals surface area (Å²) < 4.78 is 105. The van der Waals surface area contributed by atoms with Crippen molar-refractivity contribution in [3.8, 4) is 0 Å². The Balaban J connectivity index is 2.26. The van der Waals surface area contributed by atoms with E-state index < -0.39 is 64.9 Å². The summed E-state index contributed by atoms with van der Waals surface area (Å²) in [4.78, 5) is 26.6. The Morgan fingerprint density at radius 3 is 2.05 bits per heavy atom. The lowest BCUT2D eigenvalue weighted by molar-refractivity contribution is -0.145. The molecule has 3 rings (SSSR count). The Kier molecular flexibility index (Phi) is 7.62. The third-order valence-corrected chi connectivity index (χ3v) is 5.75. The topological polar surface area (TPSA) is 55.8 Å². The number of rotatable bonds is 4. The lowest BCUT2D eigenvalue weighted by atomic mass is 9.75. The number of benzene rings is 2. The summed E-state index contributed by atoms with van der Waals surface area (Å²) in [5, 5.41) is 0. The van der Waals surface area contributed by atoms with Gasteiger partial charge in [0.15, 0.2) is 0 Å². The van der Waals surface area contributed by atoms with E-state index in [4.69, 9.17) is 9.47 Å². The molecule has 0 aromatic heterocycles. The molecule has 1 amide bonds. The van der Waals surface area contributed by atoms with Gasteiger partial charge in [0.2, 0.25) is 0 Å². The number of carbonyl (C=O) groups is 2. The highest BCUT2D eigenvalue weighted by molar-refractivity contribution is 5.94. The molecular formula is C25H22F7NO4. The smallest absolute Gasteiger partial charge is 0.418 e. The minimum absolute atomic E-state index is 0.0187. The van der Waals surface area contributed by atoms with Crippen molar-refractivity contribution in [2.75, 3.05) is 12.0 Å². The summed E-state index contributed by atoms with van der Waals surface area (Å²) >= 11 is 0. The van der Waals surface area contributed by atoms with Crippen molar-refractivity contribution in [1.82, 2.24) is 0 Å². The maximum absolute atomic E-state index is 14.3. The quantitative estimate of drug-likeness (QED) is 0.309. The monoisotopic (exact) mass is 533 g/mol. The van der Waals surface area contributed by atoms with E-state index in [1.807, 2.05) is 0 Å². The first-order chi connectivity index (χ1) is 17.0. The Morgan fingerprint density at radius 2 is 1.57 bits per heavy atom. The molecule has 0 spiro atoms. The van der Waals surface area contributed by atoms with Gasteiger partial charge in [0.1, 0.15) is 5.82 Å². The number of allylic oxidation sites excluding steroid dienone is 1. The average Bonchev–Trinajstić information content (AvgIpc) is 2.77. The summed E-state index contributed by atoms with van der Waals surface area (Å²) in [6.07, 6.45) is -12.0. The molecule has 2 atom stereocenters. The fraction of sp³-hybridized carbons (Fsp3) is 0.360. The molecule has 37 heavy (non-hydrogen) atoms. The molecule has 1 aliphatic heterocycles. The van der Waals surface area contributed by atoms with E-state index in [0.717, 1.165) is 24.1 Å². The highest BCUT2D eigenvalue weighted by Gasteiger charge is 2.43. The van der Waals surface area contributed by atoms with Gasteiger partial charge in [-0.05, 0) is 67.8 Å². The van der Waals surface area contributed by atoms with Crippen LogP contribution in [0.3, 0.4) is 0 Å². The average molecular weight is 533 g/mol. The maximum atomic E-state index is 14.3. The van der Waals surface area contributed by atoms with E-state index in [1.165, 1.54) is 6.07 Å². The van der Waals surface area contributed by atoms with E-state index in [9.17, 15) is 40.3 Å². The summed E-state index contributed by atoms with van der Waals surface area (Å²) in [6.45, 7) is 6.95. The molecule has 0 bridgehead atoms. The van der Waals surface area contributed by atoms with Crippen LogP contribution in [-0.2, 0) is 26.6 Å². The highest BCUT2D eigenvalue weighted by Crippen LogP contribution is 2.49. The van der Waals surface area contributed by atoms with Crippen molar-refractivity contribution in [2.24, 2.45) is 0 Å². The number of methoxy groups -OCH3 is 1. The van der Waals surface area contributed by atoms with Crippen LogP contribution in [0.5, 0.6) is 0 Å². The van der Waals surface area contributed by atoms with Crippen molar-refractivity contribution in [3.05, 3.63) is 76.7 Å². The van der Waals surface area contributed by atoms with E-state index >= 15 is 0 Å². The number of anilines is 1. The molecule has 200 valence electrons. The van der Waals surface area contributed by atoms with Crippen molar-refractivity contribution in [1.29, 1.82) is 0 Å². The fourth-order valence-electron chi connectivity index (χ4n) is 4.25. The van der Waals surface area contributed by atoms with Crippen LogP contribution in [-0.4, -0.2) is 25.3 Å². The number of fused-ring (bicyclic) bond motifs is 1. The number of alkyl halides is 6. The third kappa shape index (κ3) is 5.89. The first kappa shape index (κ1) is 28.0. The highest BCUT2D eigenvalue weighted by atomic mass is 19.4. The Hall–Kier alpha value is -3.57. The molecule has 12 heteroatoms. The molecule has 1 unspecified atom stereocenters. The number of hydrogen-bond acceptors (Lipinski definition) is 4. The van der Waals surface area contributed by atoms with Crippen molar-refractivity contribution >= 4 is 17.7 Å². The summed E-state index contributed by atoms with van der Waals surface area (Å²) in [6, 6.07) is 3.94. The fourth-order valence-corrected chi connectivity index (χ4v) is 4.25. The molecule has 0 saturated heterocycles. The van der Waals surface area contributed by atoms with Crippen LogP contribution in [0, 0.1) is 5.82 Å². The molecule has 0 N–H and O–H groups in total. The Morgan fingerprint density at radius 1 is 1.00 bits per heavy atom. The molecule has 0 fully saturated rings. The number of hydrogen-bond donors (Lipinski definition) is 0. The molecule has 2 aromatic rings. The standard InChI is InChI=1S/C25H22F7NO4/c1-12(2)37-23(35)33-13(3)7-19(18-11-17(26)5-6-20(18)33)21(22(34)36-4)14-8-15(24(27,28)29)10-16(9-14)25(30,31)32/h5-6,8-12,19,21H,3,7H2,1-2,4H3/t19-,21?/m0/s1. The van der Waals surface area contributed by atoms with Gasteiger partial charge in [0.25, 0.3) is 0 Å². The van der Waals surface area contributed by atoms with Crippen molar-refractivity contribution < 1.29 is 49.8 Å². The van der Waals surface area contributed by atoms with Gasteiger partial charge < -0.3 is 9.47 Å². The molecular weight excluding hydrogens is 511 g/mol. The van der Waals surface area contributed by atoms with Gasteiger partial charge in [0.05, 0.1) is 35.9 Å². The molecule has 2 aromatic carbocycles. The molecule has 0 saturated carbocycles. The minimum atomic E-state index is -5.16. The molecule has 0 radical (unpaired) electrons. The second-order valence-electron chi connectivity index (χ2n) is 8.69. The van der Waals surface area contributed by atoms with Crippen LogP contribution in [0.25, 0.3) is 0 Å². The number of ether oxygens (including phenoxy) is 2. The first-order valence-corrected chi connectivity index (χ1v) is 10.9. The van der Waals surface area contributed by atoms with Crippen LogP contribution in [0.1, 0.15) is 54.4 Å². The summed E-state index contributed by atoms with van der Waals surface area (Å²) in [5.41, 5.74) is -3.85. The van der Waals surface area contributed by atoms with E-state index in [2.05, 4.69) is 6.58 Å². The van der Waals surface area contributed by atoms with Crippen molar-refractivity contribution in [3.63, 3.8) is 0 Å². The molecule has 1 aliphatic rings. The zero-order valence-electron chi connectivity index (χ0n) is 19.8. The predicted octanol–water partition coefficient (Wildman–Crippen LogP) is 7.17. The molecule has 5 nitrogen and oxygen atoms in total. The zero-order chi connectivity index (χ0) is 27.9. The van der Waals surface area contributed by atoms with Gasteiger partial charge in [-0.2, -0.15) is 26.3 Å². The number of nitrogens with zero attached hydrogens (tertiary/aromatic N) is 1. The first-order valence-electron chi connectivity index (χ1n) is 10.9. The summed E-state index contributed by atoms with van der Waals surface area (Å²) in [7, 11) is 0.921. The van der Waals surface area contributed by atoms with Crippen LogP contribution < -0.4 is 4.90 Å². The second kappa shape index (κ2) is 10.1. The van der Waals surface area contributed by atoms with Gasteiger partial charge in [-0.25, -0.2) is 9.18 Å². The third-order valence-electron chi connectivity index (χ3n) is 5.75. The largest absolute Gasteiger partial charge is 0.469 e. The second-order valence-corrected chi connectivity index (χ2v) is 8.69. The Labute approximate surface area is 207 Å². The van der Waals surface area contributed by atoms with E-state index in [-0.39, 0.29) is 29.4 Å². The molecule has 0 aliphatic carbocycles. The molecule has 1 heterocycles. The van der Waals surface area contributed by atoms with E-state index in [1.54, 1.807) is 13.8 Å². The van der Waals surface area contributed by atoms with Crippen LogP contribution >= 0.6 is 0 Å². The van der Waals surface area contributed by atoms with Gasteiger partial charge in [-0.1, -0.05) is 6.58 Å². The number of carbonyl (C=O) groups excluding carboxylic acids is 2. The predicted molar refractivity (Wildman–Crippen MR) is 118 cm³/mol. The number of esters is 1. The zero-order valence-corrected chi connectivity index (χ0v) is 19.8. The van der Waals surface area contributed by atoms with Gasteiger partial charge in [0, 0.05) is 11.6 Å². The van der Waals surface area contributed by atoms with Gasteiger partial charge in [-0.3, -0.25) is 9.69 Å². The maximum Gasteiger partial charge on any atom is 0.418 e. The Bertz CT molecular complexity index is 1190. The van der Waals surface area contributed by atoms with E-state index in [0.29, 0.717) is 12.1 Å². The van der Waals surface area contributed by atoms with Crippen LogP contribution in [0.2, 0.25) is 0 Å². The lowest BCUT2D eigenvalue weighted by Gasteiger charge is -2.38. The van der Waals surface area contributed by atoms with Crippen LogP contribution in [0.15, 0.2) is 48.7 Å². The van der Waals surface area contributed by atoms with Crippen LogP contribution in [0.4, 0.5) is 41.2 Å². The normalized spacial score (nSPS) is 16.9. The SMILES string of the molecule is C=C1C[C@H](C(C(=O)OC)c2cc(C(F)(F)F)cc(C(F)(F)F)c2)c2cc(F)ccc2N1C(=O)OC(C)C. The lowest BCUT2D eigenvalue weighted by Crippen LogP contribution is -2.38. The van der Waals surface area contributed by atoms with Gasteiger partial charge >= 0.3 is 24.4 Å².